The van der Waals surface area contributed by atoms with Crippen LogP contribution in [0.3, 0.4) is 0 Å². The van der Waals surface area contributed by atoms with Crippen molar-refractivity contribution in [2.45, 2.75) is 51.7 Å². The molecule has 0 spiro atoms. The summed E-state index contributed by atoms with van der Waals surface area (Å²) in [6.07, 6.45) is 3.51. The topological polar surface area (TPSA) is 85.8 Å². The first-order valence-corrected chi connectivity index (χ1v) is 10.5. The molecule has 0 aliphatic carbocycles. The summed E-state index contributed by atoms with van der Waals surface area (Å²) in [4.78, 5) is 18.1. The highest BCUT2D eigenvalue weighted by Crippen LogP contribution is 2.30. The Morgan fingerprint density at radius 2 is 2.23 bits per heavy atom. The van der Waals surface area contributed by atoms with Crippen LogP contribution in [0.25, 0.3) is 0 Å². The number of rotatable bonds is 4. The summed E-state index contributed by atoms with van der Waals surface area (Å²) >= 11 is 6.80. The third-order valence-electron chi connectivity index (χ3n) is 3.87. The van der Waals surface area contributed by atoms with E-state index in [0.29, 0.717) is 17.4 Å². The summed E-state index contributed by atoms with van der Waals surface area (Å²) in [5.74, 6) is 0. The van der Waals surface area contributed by atoms with Gasteiger partial charge in [-0.2, -0.15) is 0 Å². The van der Waals surface area contributed by atoms with E-state index in [9.17, 15) is 13.6 Å². The van der Waals surface area contributed by atoms with Crippen molar-refractivity contribution in [2.24, 2.45) is 0 Å². The zero-order chi connectivity index (χ0) is 19.5. The Morgan fingerprint density at radius 3 is 2.85 bits per heavy atom. The summed E-state index contributed by atoms with van der Waals surface area (Å²) in [5.41, 5.74) is -0.346. The number of halogens is 2. The number of pyridine rings is 1. The molecule has 2 atom stereocenters. The number of likely N-dealkylation sites (tertiary alicyclic amines) is 1. The maximum absolute atomic E-state index is 12.5. The minimum absolute atomic E-state index is 0.0806. The van der Waals surface area contributed by atoms with Crippen molar-refractivity contribution in [3.63, 3.8) is 0 Å². The molecule has 2 rings (SSSR count). The molecule has 1 amide bonds. The third kappa shape index (κ3) is 5.80. The van der Waals surface area contributed by atoms with E-state index < -0.39 is 23.0 Å². The highest BCUT2D eigenvalue weighted by Gasteiger charge is 2.32. The Labute approximate surface area is 169 Å². The van der Waals surface area contributed by atoms with Crippen LogP contribution in [0.2, 0.25) is 5.15 Å². The van der Waals surface area contributed by atoms with Gasteiger partial charge in [-0.3, -0.25) is 8.51 Å². The van der Waals surface area contributed by atoms with Gasteiger partial charge >= 0.3 is 6.09 Å². The van der Waals surface area contributed by atoms with Crippen LogP contribution in [0.4, 0.5) is 10.5 Å². The third-order valence-corrected chi connectivity index (χ3v) is 5.30. The number of hydrogen-bond acceptors (Lipinski definition) is 5. The van der Waals surface area contributed by atoms with Gasteiger partial charge in [-0.1, -0.05) is 11.6 Å². The second-order valence-electron chi connectivity index (χ2n) is 7.07. The Hall–Kier alpha value is -0.900. The van der Waals surface area contributed by atoms with Crippen LogP contribution in [-0.2, 0) is 16.0 Å². The molecule has 2 unspecified atom stereocenters. The summed E-state index contributed by atoms with van der Waals surface area (Å²) in [5, 5.41) is 0.0806. The Morgan fingerprint density at radius 1 is 1.54 bits per heavy atom. The predicted octanol–water partition coefficient (Wildman–Crippen LogP) is 3.89. The van der Waals surface area contributed by atoms with Gasteiger partial charge in [-0.15, -0.1) is 0 Å². The van der Waals surface area contributed by atoms with Crippen molar-refractivity contribution in [3.8, 4) is 0 Å². The molecule has 0 bridgehead atoms. The van der Waals surface area contributed by atoms with Gasteiger partial charge in [0.1, 0.15) is 5.60 Å². The van der Waals surface area contributed by atoms with E-state index in [1.54, 1.807) is 31.7 Å². The second-order valence-corrected chi connectivity index (χ2v) is 9.21. The fourth-order valence-corrected chi connectivity index (χ4v) is 3.94. The van der Waals surface area contributed by atoms with Gasteiger partial charge in [-0.05, 0) is 62.0 Å². The van der Waals surface area contributed by atoms with Crippen LogP contribution in [-0.4, -0.2) is 49.5 Å². The summed E-state index contributed by atoms with van der Waals surface area (Å²) in [6.45, 7) is 6.03. The first-order chi connectivity index (χ1) is 12.1. The lowest BCUT2D eigenvalue weighted by atomic mass is 10.0. The number of aromatic nitrogens is 1. The summed E-state index contributed by atoms with van der Waals surface area (Å²) in [6, 6.07) is 1.29. The average molecular weight is 468 g/mol. The van der Waals surface area contributed by atoms with Crippen LogP contribution in [0.5, 0.6) is 0 Å². The highest BCUT2D eigenvalue weighted by atomic mass is 79.9. The van der Waals surface area contributed by atoms with Gasteiger partial charge in [0.15, 0.2) is 5.15 Å². The van der Waals surface area contributed by atoms with Gasteiger partial charge < -0.3 is 14.2 Å². The molecule has 1 saturated heterocycles. The SMILES string of the molecule is CC(C)(C)OC(=O)N1CCCCC1CN(c1cc(Br)cnc1Cl)S(=O)[O-]. The Kier molecular flexibility index (Phi) is 7.29. The molecule has 2 heterocycles. The highest BCUT2D eigenvalue weighted by molar-refractivity contribution is 9.10. The van der Waals surface area contributed by atoms with E-state index in [1.165, 1.54) is 6.20 Å². The Bertz CT molecular complexity index is 686. The molecule has 1 aliphatic rings. The van der Waals surface area contributed by atoms with Crippen molar-refractivity contribution < 1.29 is 18.3 Å². The number of hydrogen-bond donors (Lipinski definition) is 0. The van der Waals surface area contributed by atoms with Crippen LogP contribution in [0.1, 0.15) is 40.0 Å². The standard InChI is InChI=1S/C16H23BrClN3O4S/c1-16(2,3)25-15(22)20-7-5-4-6-12(20)10-21(26(23)24)13-8-11(17)9-19-14(13)18/h8-9,12H,4-7,10H2,1-3H3,(H,23,24)/p-1. The molecule has 0 radical (unpaired) electrons. The maximum Gasteiger partial charge on any atom is 0.410 e. The van der Waals surface area contributed by atoms with Crippen LogP contribution in [0.15, 0.2) is 16.7 Å². The van der Waals surface area contributed by atoms with Gasteiger partial charge in [-0.25, -0.2) is 9.78 Å². The van der Waals surface area contributed by atoms with Gasteiger partial charge in [0.05, 0.1) is 18.3 Å². The number of carbonyl (C=O) groups is 1. The lowest BCUT2D eigenvalue weighted by molar-refractivity contribution is 0.0110. The minimum Gasteiger partial charge on any atom is -0.755 e. The lowest BCUT2D eigenvalue weighted by Gasteiger charge is -2.40. The Balaban J connectivity index is 2.24. The van der Waals surface area contributed by atoms with E-state index in [1.807, 2.05) is 0 Å². The normalized spacial score (nSPS) is 19.2. The molecule has 0 saturated carbocycles. The van der Waals surface area contributed by atoms with E-state index in [2.05, 4.69) is 20.9 Å². The molecule has 1 aliphatic heterocycles. The zero-order valence-electron chi connectivity index (χ0n) is 14.9. The molecule has 7 nitrogen and oxygen atoms in total. The number of carbonyl (C=O) groups excluding carboxylic acids is 1. The van der Waals surface area contributed by atoms with E-state index >= 15 is 0 Å². The van der Waals surface area contributed by atoms with Crippen LogP contribution < -0.4 is 4.31 Å². The number of amides is 1. The average Bonchev–Trinajstić information content (AvgIpc) is 2.53. The van der Waals surface area contributed by atoms with Crippen molar-refractivity contribution in [1.29, 1.82) is 0 Å². The quantitative estimate of drug-likeness (QED) is 0.495. The fourth-order valence-electron chi connectivity index (χ4n) is 2.77. The zero-order valence-corrected chi connectivity index (χ0v) is 18.1. The lowest BCUT2D eigenvalue weighted by Crippen LogP contribution is -2.51. The molecule has 1 aromatic rings. The smallest absolute Gasteiger partial charge is 0.410 e. The molecule has 0 aromatic carbocycles. The molecule has 146 valence electrons. The summed E-state index contributed by atoms with van der Waals surface area (Å²) in [7, 11) is 0. The molecular formula is C16H22BrClN3O4S-. The van der Waals surface area contributed by atoms with Crippen LogP contribution >= 0.6 is 27.5 Å². The van der Waals surface area contributed by atoms with E-state index in [0.717, 1.165) is 17.1 Å². The summed E-state index contributed by atoms with van der Waals surface area (Å²) < 4.78 is 30.9. The number of anilines is 1. The number of ether oxygens (including phenoxy) is 1. The first kappa shape index (κ1) is 21.4. The second kappa shape index (κ2) is 8.86. The van der Waals surface area contributed by atoms with Crippen molar-refractivity contribution >= 4 is 50.6 Å². The van der Waals surface area contributed by atoms with E-state index in [4.69, 9.17) is 16.3 Å². The molecule has 10 heteroatoms. The van der Waals surface area contributed by atoms with Gasteiger partial charge in [0.25, 0.3) is 0 Å². The largest absolute Gasteiger partial charge is 0.755 e. The van der Waals surface area contributed by atoms with Gasteiger partial charge in [0.2, 0.25) is 0 Å². The monoisotopic (exact) mass is 466 g/mol. The van der Waals surface area contributed by atoms with Gasteiger partial charge in [0, 0.05) is 28.5 Å². The molecule has 0 N–H and O–H groups in total. The van der Waals surface area contributed by atoms with Crippen molar-refractivity contribution in [1.82, 2.24) is 9.88 Å². The van der Waals surface area contributed by atoms with Crippen molar-refractivity contribution in [3.05, 3.63) is 21.9 Å². The molecular weight excluding hydrogens is 446 g/mol. The minimum atomic E-state index is -2.56. The first-order valence-electron chi connectivity index (χ1n) is 8.26. The fraction of sp³-hybridized carbons (Fsp3) is 0.625. The molecule has 1 fully saturated rings. The predicted molar refractivity (Wildman–Crippen MR) is 104 cm³/mol. The molecule has 1 aromatic heterocycles. The maximum atomic E-state index is 12.5. The molecule has 26 heavy (non-hydrogen) atoms. The van der Waals surface area contributed by atoms with E-state index in [-0.39, 0.29) is 23.4 Å². The van der Waals surface area contributed by atoms with Crippen molar-refractivity contribution in [2.75, 3.05) is 17.4 Å². The number of piperidine rings is 1. The van der Waals surface area contributed by atoms with Crippen LogP contribution in [0, 0.1) is 0 Å². The number of nitrogens with zero attached hydrogens (tertiary/aromatic N) is 3.